The van der Waals surface area contributed by atoms with Crippen molar-refractivity contribution in [2.24, 2.45) is 10.9 Å². The van der Waals surface area contributed by atoms with E-state index in [0.717, 1.165) is 50.7 Å². The Morgan fingerprint density at radius 2 is 1.93 bits per heavy atom. The molecule has 2 saturated heterocycles. The summed E-state index contributed by atoms with van der Waals surface area (Å²) in [6, 6.07) is 4.19. The molecule has 0 bridgehead atoms. The Kier molecular flexibility index (Phi) is 7.97. The summed E-state index contributed by atoms with van der Waals surface area (Å²) < 4.78 is 30.6. The molecule has 2 N–H and O–H groups in total. The molecule has 0 spiro atoms. The van der Waals surface area contributed by atoms with Gasteiger partial charge in [0.15, 0.2) is 5.96 Å². The standard InChI is InChI=1S/C20H35N5O3S/c1-21-20(22-15-17-8-12-25(13-9-17)29(2,26)27)23-16-18(19-7-6-14-28-19)24-10-4-3-5-11-24/h6-7,14,17-18H,3-5,8-13,15-16H2,1-2H3,(H2,21,22,23). The number of aliphatic imine (C=N–C) groups is 1. The maximum Gasteiger partial charge on any atom is 0.211 e. The monoisotopic (exact) mass is 425 g/mol. The van der Waals surface area contributed by atoms with Gasteiger partial charge < -0.3 is 15.1 Å². The fourth-order valence-corrected chi connectivity index (χ4v) is 5.09. The highest BCUT2D eigenvalue weighted by atomic mass is 32.2. The topological polar surface area (TPSA) is 90.2 Å². The van der Waals surface area contributed by atoms with Crippen LogP contribution in [0.4, 0.5) is 0 Å². The predicted octanol–water partition coefficient (Wildman–Crippen LogP) is 1.64. The van der Waals surface area contributed by atoms with Crippen LogP contribution >= 0.6 is 0 Å². The molecule has 1 unspecified atom stereocenters. The number of nitrogens with zero attached hydrogens (tertiary/aromatic N) is 3. The number of rotatable bonds is 7. The fourth-order valence-electron chi connectivity index (χ4n) is 4.22. The van der Waals surface area contributed by atoms with E-state index in [1.54, 1.807) is 17.6 Å². The Morgan fingerprint density at radius 3 is 2.52 bits per heavy atom. The van der Waals surface area contributed by atoms with Crippen LogP contribution in [0.5, 0.6) is 0 Å². The summed E-state index contributed by atoms with van der Waals surface area (Å²) in [7, 11) is -1.29. The molecule has 1 atom stereocenters. The van der Waals surface area contributed by atoms with E-state index in [2.05, 4.69) is 20.5 Å². The molecule has 0 aliphatic carbocycles. The van der Waals surface area contributed by atoms with Gasteiger partial charge in [0, 0.05) is 33.2 Å². The van der Waals surface area contributed by atoms with E-state index in [-0.39, 0.29) is 6.04 Å². The van der Waals surface area contributed by atoms with Gasteiger partial charge in [-0.2, -0.15) is 0 Å². The van der Waals surface area contributed by atoms with Crippen molar-refractivity contribution in [2.45, 2.75) is 38.1 Å². The van der Waals surface area contributed by atoms with Crippen molar-refractivity contribution < 1.29 is 12.8 Å². The summed E-state index contributed by atoms with van der Waals surface area (Å²) in [5.74, 6) is 2.22. The minimum atomic E-state index is -3.07. The molecule has 2 aliphatic heterocycles. The second-order valence-electron chi connectivity index (χ2n) is 8.07. The summed E-state index contributed by atoms with van der Waals surface area (Å²) in [6.45, 7) is 4.93. The van der Waals surface area contributed by atoms with Gasteiger partial charge in [0.1, 0.15) is 5.76 Å². The molecule has 8 nitrogen and oxygen atoms in total. The van der Waals surface area contributed by atoms with E-state index in [4.69, 9.17) is 4.42 Å². The smallest absolute Gasteiger partial charge is 0.211 e. The fraction of sp³-hybridized carbons (Fsp3) is 0.750. The summed E-state index contributed by atoms with van der Waals surface area (Å²) in [5.41, 5.74) is 0. The van der Waals surface area contributed by atoms with Gasteiger partial charge in [-0.15, -0.1) is 0 Å². The number of guanidine groups is 1. The van der Waals surface area contributed by atoms with Crippen molar-refractivity contribution in [2.75, 3.05) is 52.6 Å². The van der Waals surface area contributed by atoms with Crippen LogP contribution in [0.25, 0.3) is 0 Å². The van der Waals surface area contributed by atoms with Crippen LogP contribution < -0.4 is 10.6 Å². The Labute approximate surface area is 174 Å². The quantitative estimate of drug-likeness (QED) is 0.510. The van der Waals surface area contributed by atoms with E-state index >= 15 is 0 Å². The van der Waals surface area contributed by atoms with Gasteiger partial charge in [-0.1, -0.05) is 6.42 Å². The largest absolute Gasteiger partial charge is 0.468 e. The minimum absolute atomic E-state index is 0.196. The molecular formula is C20H35N5O3S. The van der Waals surface area contributed by atoms with Crippen molar-refractivity contribution in [1.82, 2.24) is 19.8 Å². The first-order chi connectivity index (χ1) is 14.0. The number of nitrogens with one attached hydrogen (secondary N) is 2. The highest BCUT2D eigenvalue weighted by molar-refractivity contribution is 7.88. The number of likely N-dealkylation sites (tertiary alicyclic amines) is 1. The van der Waals surface area contributed by atoms with Crippen LogP contribution in [0.15, 0.2) is 27.8 Å². The van der Waals surface area contributed by atoms with Crippen molar-refractivity contribution in [3.8, 4) is 0 Å². The van der Waals surface area contributed by atoms with Gasteiger partial charge in [0.05, 0.1) is 18.6 Å². The molecule has 0 radical (unpaired) electrons. The molecule has 3 rings (SSSR count). The highest BCUT2D eigenvalue weighted by Gasteiger charge is 2.26. The Balaban J connectivity index is 1.48. The minimum Gasteiger partial charge on any atom is -0.468 e. The van der Waals surface area contributed by atoms with Crippen LogP contribution in [0.1, 0.15) is 43.9 Å². The molecule has 29 heavy (non-hydrogen) atoms. The number of hydrogen-bond donors (Lipinski definition) is 2. The zero-order valence-electron chi connectivity index (χ0n) is 17.6. The van der Waals surface area contributed by atoms with Gasteiger partial charge in [-0.3, -0.25) is 9.89 Å². The lowest BCUT2D eigenvalue weighted by atomic mass is 9.98. The zero-order chi connectivity index (χ0) is 20.7. The molecule has 0 aromatic carbocycles. The molecule has 0 amide bonds. The molecule has 1 aromatic heterocycles. The first kappa shape index (κ1) is 22.1. The summed E-state index contributed by atoms with van der Waals surface area (Å²) in [6.07, 6.45) is 8.54. The van der Waals surface area contributed by atoms with Crippen LogP contribution in [0.2, 0.25) is 0 Å². The number of piperidine rings is 2. The van der Waals surface area contributed by atoms with Crippen LogP contribution in [0.3, 0.4) is 0 Å². The summed E-state index contributed by atoms with van der Waals surface area (Å²) in [5, 5.41) is 6.88. The molecule has 0 saturated carbocycles. The Morgan fingerprint density at radius 1 is 1.21 bits per heavy atom. The van der Waals surface area contributed by atoms with Gasteiger partial charge in [-0.25, -0.2) is 12.7 Å². The van der Waals surface area contributed by atoms with E-state index < -0.39 is 10.0 Å². The third-order valence-electron chi connectivity index (χ3n) is 5.99. The second kappa shape index (κ2) is 10.4. The van der Waals surface area contributed by atoms with Crippen molar-refractivity contribution >= 4 is 16.0 Å². The lowest BCUT2D eigenvalue weighted by Crippen LogP contribution is -2.46. The van der Waals surface area contributed by atoms with Crippen molar-refractivity contribution in [3.05, 3.63) is 24.2 Å². The third kappa shape index (κ3) is 6.45. The van der Waals surface area contributed by atoms with Gasteiger partial charge >= 0.3 is 0 Å². The van der Waals surface area contributed by atoms with Gasteiger partial charge in [0.2, 0.25) is 10.0 Å². The highest BCUT2D eigenvalue weighted by Crippen LogP contribution is 2.24. The van der Waals surface area contributed by atoms with Gasteiger partial charge in [0.25, 0.3) is 0 Å². The maximum absolute atomic E-state index is 11.7. The molecule has 1 aromatic rings. The average Bonchev–Trinajstić information content (AvgIpc) is 3.25. The first-order valence-electron chi connectivity index (χ1n) is 10.6. The third-order valence-corrected chi connectivity index (χ3v) is 7.29. The maximum atomic E-state index is 11.7. The van der Waals surface area contributed by atoms with E-state index in [1.165, 1.54) is 25.5 Å². The molecule has 164 valence electrons. The second-order valence-corrected chi connectivity index (χ2v) is 10.0. The molecule has 2 aliphatic rings. The van der Waals surface area contributed by atoms with Crippen molar-refractivity contribution in [1.29, 1.82) is 0 Å². The SMILES string of the molecule is CN=C(NCC1CCN(S(C)(=O)=O)CC1)NCC(c1ccco1)N1CCCCC1. The Hall–Kier alpha value is -1.58. The molecule has 9 heteroatoms. The predicted molar refractivity (Wildman–Crippen MR) is 115 cm³/mol. The number of furan rings is 1. The van der Waals surface area contributed by atoms with E-state index in [1.807, 2.05) is 12.1 Å². The van der Waals surface area contributed by atoms with Crippen LogP contribution in [-0.4, -0.2) is 76.2 Å². The van der Waals surface area contributed by atoms with E-state index in [0.29, 0.717) is 19.0 Å². The van der Waals surface area contributed by atoms with Crippen molar-refractivity contribution in [3.63, 3.8) is 0 Å². The molecule has 3 heterocycles. The Bertz CT molecular complexity index is 736. The number of hydrogen-bond acceptors (Lipinski definition) is 5. The molecular weight excluding hydrogens is 390 g/mol. The average molecular weight is 426 g/mol. The number of sulfonamides is 1. The first-order valence-corrected chi connectivity index (χ1v) is 12.5. The normalized spacial score (nSPS) is 21.8. The summed E-state index contributed by atoms with van der Waals surface area (Å²) in [4.78, 5) is 6.85. The lowest BCUT2D eigenvalue weighted by Gasteiger charge is -2.34. The van der Waals surface area contributed by atoms with E-state index in [9.17, 15) is 8.42 Å². The van der Waals surface area contributed by atoms with Gasteiger partial charge in [-0.05, 0) is 56.8 Å². The zero-order valence-corrected chi connectivity index (χ0v) is 18.5. The van der Waals surface area contributed by atoms with Crippen LogP contribution in [-0.2, 0) is 10.0 Å². The summed E-state index contributed by atoms with van der Waals surface area (Å²) >= 11 is 0. The lowest BCUT2D eigenvalue weighted by molar-refractivity contribution is 0.146. The van der Waals surface area contributed by atoms with Crippen LogP contribution in [0, 0.1) is 5.92 Å². The molecule has 2 fully saturated rings.